The molecule has 0 radical (unpaired) electrons. The Balaban J connectivity index is 1.61. The zero-order chi connectivity index (χ0) is 17.9. The van der Waals surface area contributed by atoms with E-state index < -0.39 is 0 Å². The predicted octanol–water partition coefficient (Wildman–Crippen LogP) is 1.71. The number of carbonyl (C=O) groups excluding carboxylic acids is 1. The maximum Gasteiger partial charge on any atom is 0.251 e. The van der Waals surface area contributed by atoms with Crippen LogP contribution in [-0.4, -0.2) is 66.7 Å². The third kappa shape index (κ3) is 4.40. The molecule has 2 aliphatic rings. The summed E-state index contributed by atoms with van der Waals surface area (Å²) in [5, 5.41) is 12.8. The SMILES string of the molecule is CN1CCN(Cc2cccc(C(=O)NC3CCCC3(C)CO)c2)CC1. The summed E-state index contributed by atoms with van der Waals surface area (Å²) in [7, 11) is 2.16. The van der Waals surface area contributed by atoms with Gasteiger partial charge in [-0.3, -0.25) is 9.69 Å². The van der Waals surface area contributed by atoms with Gasteiger partial charge >= 0.3 is 0 Å². The van der Waals surface area contributed by atoms with Crippen LogP contribution in [0.25, 0.3) is 0 Å². The number of nitrogens with one attached hydrogen (secondary N) is 1. The lowest BCUT2D eigenvalue weighted by Crippen LogP contribution is -2.45. The molecule has 138 valence electrons. The van der Waals surface area contributed by atoms with Crippen LogP contribution >= 0.6 is 0 Å². The van der Waals surface area contributed by atoms with Crippen molar-refractivity contribution in [1.29, 1.82) is 0 Å². The Kier molecular flexibility index (Phi) is 5.77. The van der Waals surface area contributed by atoms with Gasteiger partial charge in [-0.2, -0.15) is 0 Å². The Hall–Kier alpha value is -1.43. The molecular weight excluding hydrogens is 314 g/mol. The molecule has 2 N–H and O–H groups in total. The molecule has 1 heterocycles. The van der Waals surface area contributed by atoms with Gasteiger partial charge in [-0.25, -0.2) is 0 Å². The average Bonchev–Trinajstić information content (AvgIpc) is 2.98. The van der Waals surface area contributed by atoms with Crippen LogP contribution in [0.5, 0.6) is 0 Å². The maximum absolute atomic E-state index is 12.7. The number of likely N-dealkylation sites (N-methyl/N-ethyl adjacent to an activating group) is 1. The molecular formula is C20H31N3O2. The molecule has 2 atom stereocenters. The Bertz CT molecular complexity index is 598. The Morgan fingerprint density at radius 3 is 2.80 bits per heavy atom. The Labute approximate surface area is 151 Å². The van der Waals surface area contributed by atoms with Crippen molar-refractivity contribution in [2.75, 3.05) is 39.8 Å². The van der Waals surface area contributed by atoms with Crippen molar-refractivity contribution in [3.8, 4) is 0 Å². The summed E-state index contributed by atoms with van der Waals surface area (Å²) in [6, 6.07) is 8.03. The quantitative estimate of drug-likeness (QED) is 0.853. The first-order valence-corrected chi connectivity index (χ1v) is 9.42. The van der Waals surface area contributed by atoms with Crippen LogP contribution in [0.15, 0.2) is 24.3 Å². The molecule has 1 aliphatic heterocycles. The first-order chi connectivity index (χ1) is 12.0. The highest BCUT2D eigenvalue weighted by molar-refractivity contribution is 5.94. The number of aliphatic hydroxyl groups excluding tert-OH is 1. The molecule has 2 fully saturated rings. The summed E-state index contributed by atoms with van der Waals surface area (Å²) in [5.41, 5.74) is 1.72. The molecule has 1 saturated heterocycles. The Morgan fingerprint density at radius 1 is 1.32 bits per heavy atom. The molecule has 0 spiro atoms. The van der Waals surface area contributed by atoms with Crippen molar-refractivity contribution in [3.05, 3.63) is 35.4 Å². The van der Waals surface area contributed by atoms with E-state index in [9.17, 15) is 9.90 Å². The normalized spacial score (nSPS) is 28.2. The zero-order valence-corrected chi connectivity index (χ0v) is 15.5. The van der Waals surface area contributed by atoms with E-state index in [0.717, 1.165) is 57.5 Å². The second-order valence-corrected chi connectivity index (χ2v) is 8.01. The number of amides is 1. The Morgan fingerprint density at radius 2 is 2.08 bits per heavy atom. The standard InChI is InChI=1S/C20H31N3O2/c1-20(15-24)8-4-7-18(20)21-19(25)17-6-3-5-16(13-17)14-23-11-9-22(2)10-12-23/h3,5-6,13,18,24H,4,7-12,14-15H2,1-2H3,(H,21,25). The van der Waals surface area contributed by atoms with Gasteiger partial charge in [-0.15, -0.1) is 0 Å². The van der Waals surface area contributed by atoms with Crippen molar-refractivity contribution in [2.45, 2.75) is 38.8 Å². The minimum Gasteiger partial charge on any atom is -0.396 e. The van der Waals surface area contributed by atoms with E-state index in [1.807, 2.05) is 18.2 Å². The zero-order valence-electron chi connectivity index (χ0n) is 15.5. The van der Waals surface area contributed by atoms with Crippen molar-refractivity contribution in [1.82, 2.24) is 15.1 Å². The topological polar surface area (TPSA) is 55.8 Å². The lowest BCUT2D eigenvalue weighted by molar-refractivity contribution is 0.0830. The van der Waals surface area contributed by atoms with Crippen LogP contribution in [-0.2, 0) is 6.54 Å². The molecule has 5 nitrogen and oxygen atoms in total. The lowest BCUT2D eigenvalue weighted by atomic mass is 9.85. The fourth-order valence-corrected chi connectivity index (χ4v) is 3.99. The maximum atomic E-state index is 12.7. The second-order valence-electron chi connectivity index (χ2n) is 8.01. The van der Waals surface area contributed by atoms with Crippen molar-refractivity contribution in [2.24, 2.45) is 5.41 Å². The number of piperazine rings is 1. The summed E-state index contributed by atoms with van der Waals surface area (Å²) in [6.07, 6.45) is 2.98. The van der Waals surface area contributed by atoms with Crippen LogP contribution in [0.3, 0.4) is 0 Å². The van der Waals surface area contributed by atoms with Gasteiger partial charge in [-0.1, -0.05) is 25.5 Å². The fraction of sp³-hybridized carbons (Fsp3) is 0.650. The smallest absolute Gasteiger partial charge is 0.251 e. The van der Waals surface area contributed by atoms with Crippen LogP contribution in [0.4, 0.5) is 0 Å². The van der Waals surface area contributed by atoms with Gasteiger partial charge in [0.15, 0.2) is 0 Å². The van der Waals surface area contributed by atoms with Gasteiger partial charge in [0.05, 0.1) is 6.61 Å². The van der Waals surface area contributed by atoms with Gasteiger partial charge in [-0.05, 0) is 37.6 Å². The monoisotopic (exact) mass is 345 g/mol. The number of carbonyl (C=O) groups is 1. The fourth-order valence-electron chi connectivity index (χ4n) is 3.99. The second kappa shape index (κ2) is 7.85. The molecule has 2 unspecified atom stereocenters. The van der Waals surface area contributed by atoms with Crippen LogP contribution in [0, 0.1) is 5.41 Å². The molecule has 1 amide bonds. The van der Waals surface area contributed by atoms with E-state index in [2.05, 4.69) is 35.2 Å². The first-order valence-electron chi connectivity index (χ1n) is 9.42. The minimum atomic E-state index is -0.187. The van der Waals surface area contributed by atoms with Crippen LogP contribution in [0.2, 0.25) is 0 Å². The predicted molar refractivity (Wildman–Crippen MR) is 99.5 cm³/mol. The first kappa shape index (κ1) is 18.4. The number of hydrogen-bond donors (Lipinski definition) is 2. The number of nitrogens with zero attached hydrogens (tertiary/aromatic N) is 2. The molecule has 25 heavy (non-hydrogen) atoms. The number of hydrogen-bond acceptors (Lipinski definition) is 4. The van der Waals surface area contributed by atoms with E-state index in [0.29, 0.717) is 0 Å². The van der Waals surface area contributed by atoms with Crippen LogP contribution in [0.1, 0.15) is 42.1 Å². The van der Waals surface area contributed by atoms with E-state index in [1.54, 1.807) is 0 Å². The van der Waals surface area contributed by atoms with E-state index in [4.69, 9.17) is 0 Å². The largest absolute Gasteiger partial charge is 0.396 e. The number of benzene rings is 1. The third-order valence-corrected chi connectivity index (χ3v) is 5.94. The van der Waals surface area contributed by atoms with Crippen molar-refractivity contribution >= 4 is 5.91 Å². The van der Waals surface area contributed by atoms with Gasteiger partial charge in [0.25, 0.3) is 5.91 Å². The van der Waals surface area contributed by atoms with Crippen molar-refractivity contribution < 1.29 is 9.90 Å². The molecule has 5 heteroatoms. The van der Waals surface area contributed by atoms with Gasteiger partial charge < -0.3 is 15.3 Å². The van der Waals surface area contributed by atoms with Gasteiger partial charge in [0.2, 0.25) is 0 Å². The van der Waals surface area contributed by atoms with E-state index in [-0.39, 0.29) is 24.0 Å². The van der Waals surface area contributed by atoms with E-state index in [1.165, 1.54) is 5.56 Å². The van der Waals surface area contributed by atoms with Gasteiger partial charge in [0.1, 0.15) is 0 Å². The third-order valence-electron chi connectivity index (χ3n) is 5.94. The van der Waals surface area contributed by atoms with E-state index >= 15 is 0 Å². The molecule has 1 saturated carbocycles. The highest BCUT2D eigenvalue weighted by Crippen LogP contribution is 2.37. The summed E-state index contributed by atoms with van der Waals surface area (Å²) in [6.45, 7) is 7.43. The molecule has 1 aromatic carbocycles. The molecule has 3 rings (SSSR count). The number of aliphatic hydroxyl groups is 1. The van der Waals surface area contributed by atoms with Crippen LogP contribution < -0.4 is 5.32 Å². The summed E-state index contributed by atoms with van der Waals surface area (Å²) >= 11 is 0. The summed E-state index contributed by atoms with van der Waals surface area (Å²) < 4.78 is 0. The highest BCUT2D eigenvalue weighted by atomic mass is 16.3. The summed E-state index contributed by atoms with van der Waals surface area (Å²) in [5.74, 6) is -0.0215. The molecule has 0 bridgehead atoms. The molecule has 0 aromatic heterocycles. The minimum absolute atomic E-state index is 0.0215. The number of rotatable bonds is 5. The highest BCUT2D eigenvalue weighted by Gasteiger charge is 2.39. The summed E-state index contributed by atoms with van der Waals surface area (Å²) in [4.78, 5) is 17.5. The molecule has 1 aliphatic carbocycles. The molecule has 1 aromatic rings. The van der Waals surface area contributed by atoms with Crippen molar-refractivity contribution in [3.63, 3.8) is 0 Å². The average molecular weight is 345 g/mol. The lowest BCUT2D eigenvalue weighted by Gasteiger charge is -2.32. The van der Waals surface area contributed by atoms with Gasteiger partial charge in [0, 0.05) is 49.7 Å².